The standard InChI is InChI=1S/C36H60O9/c1-20(2)33-25(7)30(43-12)19-36(40,45-33)27(9)32(38)26(8)34-28(41-10)15-13-14-21(3)16-23(5)31(37)24(6)17-22(4)18-29(42-11)35(39)44-34/h13-15,17-18,20,23-28,30-34,37-38,40H,16,19H2,1-12H3/b15-13+,21-14+,22-17+,29-18-/t23-,24+,25-,26-,27-,28-,30+,31-,32+,33+,34+,36+/m0/s1. The molecule has 2 heterocycles. The lowest BCUT2D eigenvalue weighted by molar-refractivity contribution is -0.330. The van der Waals surface area contributed by atoms with Gasteiger partial charge in [0.1, 0.15) is 12.2 Å². The highest BCUT2D eigenvalue weighted by Gasteiger charge is 2.52. The molecule has 0 aromatic carbocycles. The minimum atomic E-state index is -1.67. The smallest absolute Gasteiger partial charge is 0.373 e. The third kappa shape index (κ3) is 9.99. The molecule has 0 unspecified atom stereocenters. The predicted octanol–water partition coefficient (Wildman–Crippen LogP) is 5.35. The van der Waals surface area contributed by atoms with Crippen LogP contribution >= 0.6 is 0 Å². The van der Waals surface area contributed by atoms with Gasteiger partial charge in [-0.15, -0.1) is 0 Å². The van der Waals surface area contributed by atoms with Gasteiger partial charge in [0.05, 0.1) is 31.5 Å². The Hall–Kier alpha value is -2.01. The van der Waals surface area contributed by atoms with Gasteiger partial charge in [0.15, 0.2) is 5.79 Å². The van der Waals surface area contributed by atoms with Crippen molar-refractivity contribution in [3.05, 3.63) is 47.3 Å². The van der Waals surface area contributed by atoms with Crippen molar-refractivity contribution in [3.63, 3.8) is 0 Å². The zero-order valence-electron chi connectivity index (χ0n) is 29.5. The summed E-state index contributed by atoms with van der Waals surface area (Å²) in [4.78, 5) is 13.5. The van der Waals surface area contributed by atoms with Gasteiger partial charge in [-0.3, -0.25) is 0 Å². The van der Waals surface area contributed by atoms with Crippen LogP contribution in [0.4, 0.5) is 0 Å². The Bertz CT molecular complexity index is 1080. The number of allylic oxidation sites excluding steroid dienone is 5. The predicted molar refractivity (Wildman–Crippen MR) is 175 cm³/mol. The van der Waals surface area contributed by atoms with E-state index in [-0.39, 0.29) is 48.1 Å². The first-order chi connectivity index (χ1) is 21.0. The highest BCUT2D eigenvalue weighted by molar-refractivity contribution is 5.87. The van der Waals surface area contributed by atoms with Crippen molar-refractivity contribution < 1.29 is 43.8 Å². The van der Waals surface area contributed by atoms with E-state index in [4.69, 9.17) is 23.7 Å². The largest absolute Gasteiger partial charge is 0.490 e. The van der Waals surface area contributed by atoms with E-state index in [1.807, 2.05) is 66.7 Å². The summed E-state index contributed by atoms with van der Waals surface area (Å²) in [6, 6.07) is 0. The summed E-state index contributed by atoms with van der Waals surface area (Å²) in [5, 5.41) is 34.6. The topological polar surface area (TPSA) is 124 Å². The average molecular weight is 637 g/mol. The van der Waals surface area contributed by atoms with Gasteiger partial charge in [0.2, 0.25) is 5.76 Å². The molecule has 3 N–H and O–H groups in total. The molecule has 9 nitrogen and oxygen atoms in total. The van der Waals surface area contributed by atoms with E-state index in [0.717, 1.165) is 11.1 Å². The first kappa shape index (κ1) is 39.2. The van der Waals surface area contributed by atoms with Crippen molar-refractivity contribution >= 4 is 5.97 Å². The quantitative estimate of drug-likeness (QED) is 0.303. The fourth-order valence-electron chi connectivity index (χ4n) is 6.82. The van der Waals surface area contributed by atoms with Crippen LogP contribution in [0, 0.1) is 35.5 Å². The van der Waals surface area contributed by atoms with E-state index in [1.54, 1.807) is 33.1 Å². The first-order valence-electron chi connectivity index (χ1n) is 16.3. The zero-order valence-corrected chi connectivity index (χ0v) is 29.5. The number of methoxy groups -OCH3 is 3. The molecule has 9 heteroatoms. The lowest BCUT2D eigenvalue weighted by Gasteiger charge is -2.50. The Morgan fingerprint density at radius 2 is 1.67 bits per heavy atom. The van der Waals surface area contributed by atoms with Crippen molar-refractivity contribution in [2.45, 2.75) is 118 Å². The molecule has 0 aromatic heterocycles. The Kier molecular flexibility index (Phi) is 15.0. The van der Waals surface area contributed by atoms with Crippen LogP contribution in [0.25, 0.3) is 0 Å². The van der Waals surface area contributed by atoms with Gasteiger partial charge in [0.25, 0.3) is 0 Å². The number of aliphatic hydroxyl groups is 3. The Morgan fingerprint density at radius 1 is 1.02 bits per heavy atom. The monoisotopic (exact) mass is 636 g/mol. The molecule has 2 aliphatic heterocycles. The van der Waals surface area contributed by atoms with Gasteiger partial charge in [0, 0.05) is 44.3 Å². The maximum absolute atomic E-state index is 13.5. The number of rotatable bonds is 8. The molecule has 1 saturated heterocycles. The molecule has 0 bridgehead atoms. The molecule has 0 amide bonds. The van der Waals surface area contributed by atoms with Crippen LogP contribution in [0.1, 0.15) is 75.2 Å². The summed E-state index contributed by atoms with van der Waals surface area (Å²) in [7, 11) is 4.53. The van der Waals surface area contributed by atoms with Gasteiger partial charge < -0.3 is 39.0 Å². The van der Waals surface area contributed by atoms with E-state index in [2.05, 4.69) is 0 Å². The summed E-state index contributed by atoms with van der Waals surface area (Å²) < 4.78 is 29.4. The number of cyclic esters (lactones) is 1. The van der Waals surface area contributed by atoms with E-state index in [1.165, 1.54) is 14.2 Å². The van der Waals surface area contributed by atoms with Gasteiger partial charge in [-0.25, -0.2) is 4.79 Å². The minimum Gasteiger partial charge on any atom is -0.490 e. The maximum Gasteiger partial charge on any atom is 0.373 e. The molecule has 2 aliphatic rings. The Balaban J connectivity index is 2.53. The molecule has 0 radical (unpaired) electrons. The summed E-state index contributed by atoms with van der Waals surface area (Å²) in [6.07, 6.45) is 6.00. The summed E-state index contributed by atoms with van der Waals surface area (Å²) in [6.45, 7) is 17.4. The Morgan fingerprint density at radius 3 is 2.22 bits per heavy atom. The van der Waals surface area contributed by atoms with Gasteiger partial charge in [-0.1, -0.05) is 83.9 Å². The van der Waals surface area contributed by atoms with Crippen LogP contribution in [0.5, 0.6) is 0 Å². The van der Waals surface area contributed by atoms with E-state index < -0.39 is 48.0 Å². The van der Waals surface area contributed by atoms with Crippen LogP contribution in [0.2, 0.25) is 0 Å². The number of esters is 1. The summed E-state index contributed by atoms with van der Waals surface area (Å²) in [5.74, 6) is -3.87. The van der Waals surface area contributed by atoms with Crippen molar-refractivity contribution in [2.75, 3.05) is 21.3 Å². The molecule has 258 valence electrons. The lowest BCUT2D eigenvalue weighted by Crippen LogP contribution is -2.59. The van der Waals surface area contributed by atoms with Crippen molar-refractivity contribution in [2.24, 2.45) is 35.5 Å². The molecule has 2 rings (SSSR count). The van der Waals surface area contributed by atoms with Crippen LogP contribution in [-0.2, 0) is 28.5 Å². The zero-order chi connectivity index (χ0) is 34.2. The second kappa shape index (κ2) is 17.2. The fraction of sp³-hybridized carbons (Fsp3) is 0.750. The van der Waals surface area contributed by atoms with E-state index in [0.29, 0.717) is 6.42 Å². The van der Waals surface area contributed by atoms with Crippen molar-refractivity contribution in [1.29, 1.82) is 0 Å². The van der Waals surface area contributed by atoms with E-state index in [9.17, 15) is 20.1 Å². The van der Waals surface area contributed by atoms with Gasteiger partial charge >= 0.3 is 5.97 Å². The molecule has 1 fully saturated rings. The second-order valence-electron chi connectivity index (χ2n) is 13.8. The average Bonchev–Trinajstić information content (AvgIpc) is 2.99. The SMILES string of the molecule is CO/C1=C\C(C)=C\[C@@H](C)[C@@H](O)[C@@H](C)C/C(C)=C/C=C/[C@H](OC)[C@@H]([C@@H](C)[C@@H](O)[C@H](C)[C@@]2(O)C[C@@H](OC)[C@H](C)[C@@H](C(C)C)O2)OC1=O. The van der Waals surface area contributed by atoms with Crippen LogP contribution in [-0.4, -0.2) is 85.0 Å². The molecule has 45 heavy (non-hydrogen) atoms. The molecule has 0 aromatic rings. The molecular weight excluding hydrogens is 576 g/mol. The summed E-state index contributed by atoms with van der Waals surface area (Å²) in [5.41, 5.74) is 1.81. The third-order valence-corrected chi connectivity index (χ3v) is 9.77. The fourth-order valence-corrected chi connectivity index (χ4v) is 6.82. The molecule has 12 atom stereocenters. The van der Waals surface area contributed by atoms with Crippen LogP contribution in [0.15, 0.2) is 47.3 Å². The highest BCUT2D eigenvalue weighted by Crippen LogP contribution is 2.42. The van der Waals surface area contributed by atoms with Crippen molar-refractivity contribution in [1.82, 2.24) is 0 Å². The maximum atomic E-state index is 13.5. The lowest BCUT2D eigenvalue weighted by atomic mass is 9.76. The number of carbonyl (C=O) groups is 1. The van der Waals surface area contributed by atoms with E-state index >= 15 is 0 Å². The van der Waals surface area contributed by atoms with Gasteiger partial charge in [-0.2, -0.15) is 0 Å². The van der Waals surface area contributed by atoms with Crippen LogP contribution in [0.3, 0.4) is 0 Å². The van der Waals surface area contributed by atoms with Crippen LogP contribution < -0.4 is 0 Å². The number of ether oxygens (including phenoxy) is 5. The molecule has 0 saturated carbocycles. The van der Waals surface area contributed by atoms with Crippen molar-refractivity contribution in [3.8, 4) is 0 Å². The molecule has 0 spiro atoms. The molecular formula is C36H60O9. The number of hydrogen-bond donors (Lipinski definition) is 3. The van der Waals surface area contributed by atoms with Gasteiger partial charge in [-0.05, 0) is 38.2 Å². The first-order valence-corrected chi connectivity index (χ1v) is 16.3. The highest BCUT2D eigenvalue weighted by atomic mass is 16.6. The summed E-state index contributed by atoms with van der Waals surface area (Å²) >= 11 is 0. The molecule has 0 aliphatic carbocycles. The number of aliphatic hydroxyl groups excluding tert-OH is 2. The number of carbonyl (C=O) groups excluding carboxylic acids is 1. The normalized spacial score (nSPS) is 40.5. The minimum absolute atomic E-state index is 0.00358. The Labute approximate surface area is 271 Å². The number of hydrogen-bond acceptors (Lipinski definition) is 9. The second-order valence-corrected chi connectivity index (χ2v) is 13.8. The third-order valence-electron chi connectivity index (χ3n) is 9.77.